The van der Waals surface area contributed by atoms with Crippen molar-refractivity contribution in [3.63, 3.8) is 0 Å². The molecule has 1 aromatic rings. The van der Waals surface area contributed by atoms with E-state index < -0.39 is 0 Å². The second kappa shape index (κ2) is 6.47. The Balaban J connectivity index is 1.93. The van der Waals surface area contributed by atoms with Crippen molar-refractivity contribution in [3.8, 4) is 0 Å². The summed E-state index contributed by atoms with van der Waals surface area (Å²) >= 11 is 0. The second-order valence-electron chi connectivity index (χ2n) is 6.46. The van der Waals surface area contributed by atoms with Gasteiger partial charge in [0.1, 0.15) is 0 Å². The lowest BCUT2D eigenvalue weighted by Crippen LogP contribution is -2.42. The molecule has 0 bridgehead atoms. The van der Waals surface area contributed by atoms with Crippen molar-refractivity contribution in [2.24, 2.45) is 17.8 Å². The third-order valence-corrected chi connectivity index (χ3v) is 4.40. The fourth-order valence-electron chi connectivity index (χ4n) is 3.18. The topological polar surface area (TPSA) is 37.8 Å². The SMILES string of the molecule is Cc1cnc(CNC2CC(C)CCC2C(C)C)cn1. The van der Waals surface area contributed by atoms with Crippen LogP contribution in [-0.4, -0.2) is 16.0 Å². The van der Waals surface area contributed by atoms with E-state index in [0.717, 1.165) is 35.7 Å². The summed E-state index contributed by atoms with van der Waals surface area (Å²) in [5.41, 5.74) is 2.03. The van der Waals surface area contributed by atoms with Crippen LogP contribution in [-0.2, 0) is 6.54 Å². The molecule has 0 radical (unpaired) electrons. The van der Waals surface area contributed by atoms with Gasteiger partial charge in [-0.3, -0.25) is 9.97 Å². The number of hydrogen-bond acceptors (Lipinski definition) is 3. The molecule has 1 fully saturated rings. The molecule has 1 N–H and O–H groups in total. The summed E-state index contributed by atoms with van der Waals surface area (Å²) in [4.78, 5) is 8.74. The number of aromatic nitrogens is 2. The molecule has 0 spiro atoms. The van der Waals surface area contributed by atoms with Crippen LogP contribution in [0.25, 0.3) is 0 Å². The van der Waals surface area contributed by atoms with Gasteiger partial charge in [-0.15, -0.1) is 0 Å². The average Bonchev–Trinajstić information content (AvgIpc) is 2.38. The minimum Gasteiger partial charge on any atom is -0.308 e. The highest BCUT2D eigenvalue weighted by molar-refractivity contribution is 5.01. The monoisotopic (exact) mass is 261 g/mol. The fourth-order valence-corrected chi connectivity index (χ4v) is 3.18. The summed E-state index contributed by atoms with van der Waals surface area (Å²) in [6.07, 6.45) is 7.77. The summed E-state index contributed by atoms with van der Waals surface area (Å²) in [6.45, 7) is 9.88. The second-order valence-corrected chi connectivity index (χ2v) is 6.46. The molecule has 2 rings (SSSR count). The number of aryl methyl sites for hydroxylation is 1. The van der Waals surface area contributed by atoms with Gasteiger partial charge in [0.2, 0.25) is 0 Å². The standard InChI is InChI=1S/C16H27N3/c1-11(2)15-6-5-12(3)7-16(15)19-10-14-9-17-13(4)8-18-14/h8-9,11-12,15-16,19H,5-7,10H2,1-4H3. The van der Waals surface area contributed by atoms with Gasteiger partial charge in [0, 0.05) is 25.0 Å². The summed E-state index contributed by atoms with van der Waals surface area (Å²) < 4.78 is 0. The van der Waals surface area contributed by atoms with E-state index in [0.29, 0.717) is 6.04 Å². The Labute approximate surface area is 117 Å². The van der Waals surface area contributed by atoms with Crippen LogP contribution < -0.4 is 5.32 Å². The molecule has 3 atom stereocenters. The van der Waals surface area contributed by atoms with Gasteiger partial charge >= 0.3 is 0 Å². The minimum absolute atomic E-state index is 0.631. The third-order valence-electron chi connectivity index (χ3n) is 4.40. The van der Waals surface area contributed by atoms with Gasteiger partial charge in [-0.2, -0.15) is 0 Å². The van der Waals surface area contributed by atoms with Gasteiger partial charge in [0.25, 0.3) is 0 Å². The van der Waals surface area contributed by atoms with Crippen molar-refractivity contribution in [1.29, 1.82) is 0 Å². The lowest BCUT2D eigenvalue weighted by atomic mass is 9.74. The number of nitrogens with one attached hydrogen (secondary N) is 1. The van der Waals surface area contributed by atoms with E-state index in [4.69, 9.17) is 0 Å². The van der Waals surface area contributed by atoms with Gasteiger partial charge in [0.15, 0.2) is 0 Å². The van der Waals surface area contributed by atoms with Crippen LogP contribution >= 0.6 is 0 Å². The lowest BCUT2D eigenvalue weighted by molar-refractivity contribution is 0.168. The molecule has 0 aromatic carbocycles. The molecule has 1 aliphatic rings. The highest BCUT2D eigenvalue weighted by Crippen LogP contribution is 2.33. The molecule has 1 aromatic heterocycles. The molecule has 3 nitrogen and oxygen atoms in total. The largest absolute Gasteiger partial charge is 0.308 e. The van der Waals surface area contributed by atoms with E-state index >= 15 is 0 Å². The first kappa shape index (κ1) is 14.4. The maximum atomic E-state index is 4.43. The zero-order valence-corrected chi connectivity index (χ0v) is 12.7. The molecule has 19 heavy (non-hydrogen) atoms. The van der Waals surface area contributed by atoms with Gasteiger partial charge in [-0.1, -0.05) is 27.2 Å². The molecule has 0 amide bonds. The van der Waals surface area contributed by atoms with Crippen LogP contribution in [0, 0.1) is 24.7 Å². The highest BCUT2D eigenvalue weighted by Gasteiger charge is 2.30. The number of hydrogen-bond donors (Lipinski definition) is 1. The Morgan fingerprint density at radius 1 is 1.26 bits per heavy atom. The Kier molecular flexibility index (Phi) is 4.92. The van der Waals surface area contributed by atoms with E-state index in [9.17, 15) is 0 Å². The Morgan fingerprint density at radius 3 is 2.68 bits per heavy atom. The van der Waals surface area contributed by atoms with Gasteiger partial charge in [-0.05, 0) is 37.5 Å². The van der Waals surface area contributed by atoms with Crippen molar-refractivity contribution in [1.82, 2.24) is 15.3 Å². The van der Waals surface area contributed by atoms with Crippen LogP contribution in [0.15, 0.2) is 12.4 Å². The predicted octanol–water partition coefficient (Wildman–Crippen LogP) is 3.34. The van der Waals surface area contributed by atoms with Crippen LogP contribution in [0.5, 0.6) is 0 Å². The smallest absolute Gasteiger partial charge is 0.0724 e. The Bertz CT molecular complexity index is 385. The Morgan fingerprint density at radius 2 is 2.05 bits per heavy atom. The van der Waals surface area contributed by atoms with Crippen LogP contribution in [0.1, 0.15) is 51.4 Å². The van der Waals surface area contributed by atoms with Crippen LogP contribution in [0.4, 0.5) is 0 Å². The third kappa shape index (κ3) is 4.00. The summed E-state index contributed by atoms with van der Waals surface area (Å²) in [5.74, 6) is 2.40. The van der Waals surface area contributed by atoms with E-state index in [1.165, 1.54) is 19.3 Å². The molecular formula is C16H27N3. The van der Waals surface area contributed by atoms with E-state index in [1.54, 1.807) is 0 Å². The molecular weight excluding hydrogens is 234 g/mol. The molecule has 106 valence electrons. The molecule has 0 aliphatic heterocycles. The normalized spacial score (nSPS) is 27.7. The van der Waals surface area contributed by atoms with Crippen molar-refractivity contribution in [3.05, 3.63) is 23.8 Å². The Hall–Kier alpha value is -0.960. The summed E-state index contributed by atoms with van der Waals surface area (Å²) in [7, 11) is 0. The highest BCUT2D eigenvalue weighted by atomic mass is 14.9. The quantitative estimate of drug-likeness (QED) is 0.903. The molecule has 1 heterocycles. The van der Waals surface area contributed by atoms with Gasteiger partial charge < -0.3 is 5.32 Å². The molecule has 3 unspecified atom stereocenters. The molecule has 1 saturated carbocycles. The lowest BCUT2D eigenvalue weighted by Gasteiger charge is -2.38. The first-order valence-electron chi connectivity index (χ1n) is 7.57. The van der Waals surface area contributed by atoms with Crippen molar-refractivity contribution in [2.75, 3.05) is 0 Å². The summed E-state index contributed by atoms with van der Waals surface area (Å²) in [6, 6.07) is 0.631. The number of nitrogens with zero attached hydrogens (tertiary/aromatic N) is 2. The van der Waals surface area contributed by atoms with E-state index in [2.05, 4.69) is 36.1 Å². The first-order chi connectivity index (χ1) is 9.06. The summed E-state index contributed by atoms with van der Waals surface area (Å²) in [5, 5.41) is 3.72. The van der Waals surface area contributed by atoms with Crippen LogP contribution in [0.3, 0.4) is 0 Å². The molecule has 1 aliphatic carbocycles. The molecule has 3 heteroatoms. The fraction of sp³-hybridized carbons (Fsp3) is 0.750. The zero-order chi connectivity index (χ0) is 13.8. The van der Waals surface area contributed by atoms with Gasteiger partial charge in [-0.25, -0.2) is 0 Å². The van der Waals surface area contributed by atoms with E-state index in [1.807, 2.05) is 19.3 Å². The van der Waals surface area contributed by atoms with Gasteiger partial charge in [0.05, 0.1) is 11.4 Å². The number of rotatable bonds is 4. The zero-order valence-electron chi connectivity index (χ0n) is 12.7. The maximum absolute atomic E-state index is 4.43. The predicted molar refractivity (Wildman–Crippen MR) is 78.7 cm³/mol. The van der Waals surface area contributed by atoms with Crippen molar-refractivity contribution >= 4 is 0 Å². The minimum atomic E-state index is 0.631. The van der Waals surface area contributed by atoms with Crippen molar-refractivity contribution < 1.29 is 0 Å². The molecule has 0 saturated heterocycles. The van der Waals surface area contributed by atoms with Crippen LogP contribution in [0.2, 0.25) is 0 Å². The first-order valence-corrected chi connectivity index (χ1v) is 7.57. The van der Waals surface area contributed by atoms with E-state index in [-0.39, 0.29) is 0 Å². The maximum Gasteiger partial charge on any atom is 0.0724 e. The average molecular weight is 261 g/mol. The van der Waals surface area contributed by atoms with Crippen molar-refractivity contribution in [2.45, 2.75) is 59.5 Å².